The van der Waals surface area contributed by atoms with Gasteiger partial charge in [0.2, 0.25) is 0 Å². The van der Waals surface area contributed by atoms with E-state index < -0.39 is 11.9 Å². The summed E-state index contributed by atoms with van der Waals surface area (Å²) in [6.45, 7) is 0. The predicted octanol–water partition coefficient (Wildman–Crippen LogP) is 2.39. The van der Waals surface area contributed by atoms with Gasteiger partial charge in [0.25, 0.3) is 5.91 Å². The van der Waals surface area contributed by atoms with Gasteiger partial charge in [0.1, 0.15) is 5.75 Å². The van der Waals surface area contributed by atoms with E-state index in [0.717, 1.165) is 5.56 Å². The number of hydrogen-bond acceptors (Lipinski definition) is 4. The minimum atomic E-state index is -0.641. The number of imide groups is 1. The van der Waals surface area contributed by atoms with Crippen molar-refractivity contribution in [3.05, 3.63) is 65.9 Å². The number of methoxy groups -OCH3 is 1. The summed E-state index contributed by atoms with van der Waals surface area (Å²) in [6, 6.07) is 13.2. The fourth-order valence-corrected chi connectivity index (χ4v) is 1.87. The minimum absolute atomic E-state index is 0.249. The van der Waals surface area contributed by atoms with Crippen LogP contribution in [0.1, 0.15) is 15.9 Å². The molecule has 0 atom stereocenters. The third-order valence-corrected chi connectivity index (χ3v) is 3.02. The van der Waals surface area contributed by atoms with Crippen molar-refractivity contribution in [3.63, 3.8) is 0 Å². The maximum Gasteiger partial charge on any atom is 0.325 e. The lowest BCUT2D eigenvalue weighted by Crippen LogP contribution is -2.37. The maximum atomic E-state index is 11.9. The fraction of sp³-hybridized carbons (Fsp3) is 0.0588. The molecule has 0 saturated heterocycles. The summed E-state index contributed by atoms with van der Waals surface area (Å²) < 4.78 is 5.11. The van der Waals surface area contributed by atoms with Gasteiger partial charge in [-0.05, 0) is 35.9 Å². The molecule has 0 saturated carbocycles. The lowest BCUT2D eigenvalue weighted by Gasteiger charge is -2.06. The molecule has 118 valence electrons. The van der Waals surface area contributed by atoms with E-state index in [2.05, 4.69) is 10.6 Å². The molecule has 2 rings (SSSR count). The van der Waals surface area contributed by atoms with E-state index >= 15 is 0 Å². The number of ether oxygens (including phenoxy) is 1. The number of benzene rings is 2. The van der Waals surface area contributed by atoms with Gasteiger partial charge in [0, 0.05) is 11.9 Å². The van der Waals surface area contributed by atoms with Crippen molar-refractivity contribution in [1.29, 1.82) is 0 Å². The van der Waals surface area contributed by atoms with Crippen molar-refractivity contribution in [2.24, 2.45) is 0 Å². The van der Waals surface area contributed by atoms with Crippen LogP contribution >= 0.6 is 0 Å². The van der Waals surface area contributed by atoms with Crippen molar-refractivity contribution in [1.82, 2.24) is 10.6 Å². The van der Waals surface area contributed by atoms with Crippen LogP contribution in [0, 0.1) is 0 Å². The van der Waals surface area contributed by atoms with Crippen molar-refractivity contribution >= 4 is 23.7 Å². The average molecular weight is 311 g/mol. The Kier molecular flexibility index (Phi) is 5.35. The monoisotopic (exact) mass is 311 g/mol. The van der Waals surface area contributed by atoms with Gasteiger partial charge in [-0.3, -0.25) is 10.1 Å². The molecule has 2 aromatic rings. The number of carbonyl (C=O) groups is 2. The van der Waals surface area contributed by atoms with Gasteiger partial charge >= 0.3 is 6.03 Å². The van der Waals surface area contributed by atoms with E-state index in [1.807, 2.05) is 24.3 Å². The molecule has 2 aromatic carbocycles. The molecule has 3 amide bonds. The van der Waals surface area contributed by atoms with E-state index in [1.165, 1.54) is 6.20 Å². The number of anilines is 1. The Balaban J connectivity index is 1.91. The summed E-state index contributed by atoms with van der Waals surface area (Å²) in [6.07, 6.45) is 3.12. The Morgan fingerprint density at radius 3 is 2.65 bits per heavy atom. The van der Waals surface area contributed by atoms with Crippen molar-refractivity contribution in [2.45, 2.75) is 0 Å². The Morgan fingerprint density at radius 2 is 1.91 bits per heavy atom. The van der Waals surface area contributed by atoms with Gasteiger partial charge in [0.05, 0.1) is 12.7 Å². The lowest BCUT2D eigenvalue weighted by molar-refractivity contribution is 0.0965. The Bertz CT molecular complexity index is 741. The van der Waals surface area contributed by atoms with Crippen LogP contribution in [0.3, 0.4) is 0 Å². The quantitative estimate of drug-likeness (QED) is 0.756. The molecule has 6 nitrogen and oxygen atoms in total. The molecule has 6 heteroatoms. The average Bonchev–Trinajstić information content (AvgIpc) is 2.55. The second-order valence-electron chi connectivity index (χ2n) is 4.62. The number of nitrogen functional groups attached to an aromatic ring is 1. The van der Waals surface area contributed by atoms with Crippen molar-refractivity contribution < 1.29 is 14.3 Å². The number of nitrogens with one attached hydrogen (secondary N) is 2. The second kappa shape index (κ2) is 7.65. The van der Waals surface area contributed by atoms with Gasteiger partial charge in [-0.2, -0.15) is 0 Å². The molecule has 0 radical (unpaired) electrons. The highest BCUT2D eigenvalue weighted by molar-refractivity contribution is 6.07. The smallest absolute Gasteiger partial charge is 0.325 e. The van der Waals surface area contributed by atoms with Crippen LogP contribution in [0.2, 0.25) is 0 Å². The summed E-state index contributed by atoms with van der Waals surface area (Å²) in [4.78, 5) is 23.6. The molecule has 0 aliphatic carbocycles. The number of hydrogen-bond donors (Lipinski definition) is 3. The Hall–Kier alpha value is -3.28. The first-order valence-corrected chi connectivity index (χ1v) is 6.87. The van der Waals surface area contributed by atoms with Crippen molar-refractivity contribution in [3.8, 4) is 5.75 Å². The first-order chi connectivity index (χ1) is 11.1. The van der Waals surface area contributed by atoms with E-state index in [-0.39, 0.29) is 5.56 Å². The molecule has 0 heterocycles. The van der Waals surface area contributed by atoms with Crippen LogP contribution in [0.15, 0.2) is 54.7 Å². The Morgan fingerprint density at radius 1 is 1.13 bits per heavy atom. The van der Waals surface area contributed by atoms with Gasteiger partial charge in [-0.15, -0.1) is 0 Å². The number of amides is 3. The molecule has 0 aliphatic rings. The predicted molar refractivity (Wildman–Crippen MR) is 88.9 cm³/mol. The normalized spacial score (nSPS) is 10.3. The largest absolute Gasteiger partial charge is 0.497 e. The SMILES string of the molecule is COc1cccc(/C=C/NC(=O)NC(=O)c2ccccc2N)c1. The highest BCUT2D eigenvalue weighted by atomic mass is 16.5. The first kappa shape index (κ1) is 16.1. The zero-order valence-corrected chi connectivity index (χ0v) is 12.6. The second-order valence-corrected chi connectivity index (χ2v) is 4.62. The van der Waals surface area contributed by atoms with Crippen LogP contribution in [0.5, 0.6) is 5.75 Å². The standard InChI is InChI=1S/C17H17N3O3/c1-23-13-6-4-5-12(11-13)9-10-19-17(22)20-16(21)14-7-2-3-8-15(14)18/h2-11H,18H2,1H3,(H2,19,20,21,22)/b10-9+. The summed E-state index contributed by atoms with van der Waals surface area (Å²) in [5.41, 5.74) is 7.09. The number of carbonyl (C=O) groups excluding carboxylic acids is 2. The van der Waals surface area contributed by atoms with Gasteiger partial charge in [-0.1, -0.05) is 24.3 Å². The van der Waals surface area contributed by atoms with E-state index in [9.17, 15) is 9.59 Å². The number of para-hydroxylation sites is 1. The van der Waals surface area contributed by atoms with Gasteiger partial charge in [0.15, 0.2) is 0 Å². The molecule has 23 heavy (non-hydrogen) atoms. The van der Waals surface area contributed by atoms with Crippen LogP contribution in [-0.4, -0.2) is 19.0 Å². The van der Waals surface area contributed by atoms with E-state index in [4.69, 9.17) is 10.5 Å². The zero-order valence-electron chi connectivity index (χ0n) is 12.6. The third-order valence-electron chi connectivity index (χ3n) is 3.02. The van der Waals surface area contributed by atoms with Crippen LogP contribution in [0.25, 0.3) is 6.08 Å². The van der Waals surface area contributed by atoms with Crippen LogP contribution in [-0.2, 0) is 0 Å². The highest BCUT2D eigenvalue weighted by Crippen LogP contribution is 2.13. The van der Waals surface area contributed by atoms with Gasteiger partial charge in [-0.25, -0.2) is 4.79 Å². The maximum absolute atomic E-state index is 11.9. The first-order valence-electron chi connectivity index (χ1n) is 6.87. The molecule has 0 spiro atoms. The fourth-order valence-electron chi connectivity index (χ4n) is 1.87. The summed E-state index contributed by atoms with van der Waals surface area (Å²) >= 11 is 0. The Labute approximate surface area is 133 Å². The molecule has 0 bridgehead atoms. The molecule has 0 aromatic heterocycles. The summed E-state index contributed by atoms with van der Waals surface area (Å²) in [5, 5.41) is 4.66. The van der Waals surface area contributed by atoms with E-state index in [0.29, 0.717) is 11.4 Å². The van der Waals surface area contributed by atoms with Crippen LogP contribution in [0.4, 0.5) is 10.5 Å². The van der Waals surface area contributed by atoms with Crippen molar-refractivity contribution in [2.75, 3.05) is 12.8 Å². The number of urea groups is 1. The topological polar surface area (TPSA) is 93.5 Å². The highest BCUT2D eigenvalue weighted by Gasteiger charge is 2.11. The molecule has 4 N–H and O–H groups in total. The molecular weight excluding hydrogens is 294 g/mol. The zero-order chi connectivity index (χ0) is 16.7. The van der Waals surface area contributed by atoms with Gasteiger partial charge < -0.3 is 15.8 Å². The number of nitrogens with two attached hydrogens (primary N) is 1. The number of rotatable bonds is 4. The molecular formula is C17H17N3O3. The summed E-state index contributed by atoms with van der Waals surface area (Å²) in [5.74, 6) is 0.154. The summed E-state index contributed by atoms with van der Waals surface area (Å²) in [7, 11) is 1.58. The molecule has 0 unspecified atom stereocenters. The van der Waals surface area contributed by atoms with Crippen LogP contribution < -0.4 is 21.1 Å². The third kappa shape index (κ3) is 4.60. The van der Waals surface area contributed by atoms with E-state index in [1.54, 1.807) is 37.5 Å². The lowest BCUT2D eigenvalue weighted by atomic mass is 10.2. The molecule has 0 fully saturated rings. The molecule has 0 aliphatic heterocycles. The minimum Gasteiger partial charge on any atom is -0.497 e.